The van der Waals surface area contributed by atoms with E-state index in [0.29, 0.717) is 13.2 Å². The van der Waals surface area contributed by atoms with Crippen LogP contribution in [-0.2, 0) is 14.3 Å². The van der Waals surface area contributed by atoms with E-state index >= 15 is 0 Å². The Morgan fingerprint density at radius 3 is 2.56 bits per heavy atom. The molecule has 0 radical (unpaired) electrons. The van der Waals surface area contributed by atoms with Crippen molar-refractivity contribution in [2.24, 2.45) is 11.1 Å². The molecular weight excluding hydrogens is 234 g/mol. The van der Waals surface area contributed by atoms with Crippen LogP contribution >= 0.6 is 0 Å². The summed E-state index contributed by atoms with van der Waals surface area (Å²) in [6.45, 7) is 6.79. The number of carbonyl (C=O) groups excluding carboxylic acids is 2. The number of amides is 2. The van der Waals surface area contributed by atoms with Gasteiger partial charge >= 0.3 is 0 Å². The first-order chi connectivity index (χ1) is 8.29. The highest BCUT2D eigenvalue weighted by molar-refractivity contribution is 5.90. The summed E-state index contributed by atoms with van der Waals surface area (Å²) < 4.78 is 5.26. The molecule has 0 aliphatic carbocycles. The van der Waals surface area contributed by atoms with Gasteiger partial charge in [-0.1, -0.05) is 20.8 Å². The quantitative estimate of drug-likeness (QED) is 0.687. The second-order valence-corrected chi connectivity index (χ2v) is 5.58. The number of rotatable bonds is 2. The van der Waals surface area contributed by atoms with Gasteiger partial charge in [0.15, 0.2) is 0 Å². The second kappa shape index (κ2) is 5.67. The van der Waals surface area contributed by atoms with Gasteiger partial charge in [-0.3, -0.25) is 9.59 Å². The van der Waals surface area contributed by atoms with E-state index in [1.165, 1.54) is 4.90 Å². The van der Waals surface area contributed by atoms with E-state index < -0.39 is 12.1 Å². The average Bonchev–Trinajstić information content (AvgIpc) is 2.35. The Kier molecular flexibility index (Phi) is 4.70. The zero-order valence-corrected chi connectivity index (χ0v) is 11.5. The van der Waals surface area contributed by atoms with Crippen molar-refractivity contribution in [3.63, 3.8) is 0 Å². The number of nitrogens with one attached hydrogen (secondary N) is 1. The van der Waals surface area contributed by atoms with Crippen molar-refractivity contribution >= 4 is 11.8 Å². The molecule has 6 heteroatoms. The number of hydrogen-bond donors (Lipinski definition) is 2. The van der Waals surface area contributed by atoms with Gasteiger partial charge in [0, 0.05) is 13.6 Å². The Bertz CT molecular complexity index is 325. The largest absolute Gasteiger partial charge is 0.377 e. The first-order valence-corrected chi connectivity index (χ1v) is 6.14. The Balaban J connectivity index is 2.84. The van der Waals surface area contributed by atoms with Crippen molar-refractivity contribution < 1.29 is 14.3 Å². The molecule has 104 valence electrons. The van der Waals surface area contributed by atoms with Crippen molar-refractivity contribution in [2.45, 2.75) is 32.9 Å². The normalized spacial score (nSPS) is 22.5. The Labute approximate surface area is 108 Å². The van der Waals surface area contributed by atoms with Crippen molar-refractivity contribution in [1.82, 2.24) is 10.2 Å². The summed E-state index contributed by atoms with van der Waals surface area (Å²) in [4.78, 5) is 25.6. The Morgan fingerprint density at radius 2 is 2.06 bits per heavy atom. The lowest BCUT2D eigenvalue weighted by Gasteiger charge is -2.38. The van der Waals surface area contributed by atoms with E-state index in [1.54, 1.807) is 7.05 Å². The monoisotopic (exact) mass is 257 g/mol. The number of nitrogens with two attached hydrogens (primary N) is 1. The molecule has 1 aliphatic heterocycles. The minimum atomic E-state index is -0.622. The summed E-state index contributed by atoms with van der Waals surface area (Å²) in [5, 5.41) is 2.54. The minimum absolute atomic E-state index is 0.195. The fourth-order valence-electron chi connectivity index (χ4n) is 1.80. The zero-order chi connectivity index (χ0) is 13.9. The molecule has 3 N–H and O–H groups in total. The molecule has 2 atom stereocenters. The number of hydrogen-bond acceptors (Lipinski definition) is 4. The van der Waals surface area contributed by atoms with Gasteiger partial charge in [0.25, 0.3) is 0 Å². The van der Waals surface area contributed by atoms with E-state index in [2.05, 4.69) is 5.32 Å². The molecule has 2 amide bonds. The van der Waals surface area contributed by atoms with E-state index in [0.717, 1.165) is 0 Å². The van der Waals surface area contributed by atoms with E-state index in [9.17, 15) is 9.59 Å². The van der Waals surface area contributed by atoms with Crippen LogP contribution in [0.25, 0.3) is 0 Å². The van der Waals surface area contributed by atoms with Gasteiger partial charge in [-0.2, -0.15) is 0 Å². The van der Waals surface area contributed by atoms with E-state index in [1.807, 2.05) is 20.8 Å². The maximum Gasteiger partial charge on any atom is 0.244 e. The van der Waals surface area contributed by atoms with Crippen molar-refractivity contribution in [1.29, 1.82) is 0 Å². The second-order valence-electron chi connectivity index (χ2n) is 5.58. The van der Waals surface area contributed by atoms with Crippen LogP contribution in [0.2, 0.25) is 0 Å². The molecule has 1 heterocycles. The number of likely N-dealkylation sites (N-methyl/N-ethyl adjacent to an activating group) is 1. The van der Waals surface area contributed by atoms with Crippen LogP contribution in [0.4, 0.5) is 0 Å². The topological polar surface area (TPSA) is 84.7 Å². The highest BCUT2D eigenvalue weighted by Crippen LogP contribution is 2.21. The summed E-state index contributed by atoms with van der Waals surface area (Å²) >= 11 is 0. The lowest BCUT2D eigenvalue weighted by Crippen LogP contribution is -2.60. The molecule has 1 aliphatic rings. The summed E-state index contributed by atoms with van der Waals surface area (Å²) in [6, 6.07) is -1.20. The molecule has 0 aromatic heterocycles. The van der Waals surface area contributed by atoms with Crippen LogP contribution < -0.4 is 11.1 Å². The smallest absolute Gasteiger partial charge is 0.244 e. The number of carbonyl (C=O) groups is 2. The maximum atomic E-state index is 12.3. The Morgan fingerprint density at radius 1 is 1.44 bits per heavy atom. The molecule has 18 heavy (non-hydrogen) atoms. The molecule has 1 rings (SSSR count). The van der Waals surface area contributed by atoms with Gasteiger partial charge in [-0.15, -0.1) is 0 Å². The van der Waals surface area contributed by atoms with Crippen molar-refractivity contribution in [3.8, 4) is 0 Å². The molecule has 0 bridgehead atoms. The first kappa shape index (κ1) is 14.9. The van der Waals surface area contributed by atoms with Gasteiger partial charge in [-0.25, -0.2) is 0 Å². The lowest BCUT2D eigenvalue weighted by molar-refractivity contribution is -0.150. The molecule has 1 unspecified atom stereocenters. The van der Waals surface area contributed by atoms with Gasteiger partial charge in [0.1, 0.15) is 6.04 Å². The number of ether oxygens (including phenoxy) is 1. The molecule has 0 aromatic rings. The van der Waals surface area contributed by atoms with E-state index in [4.69, 9.17) is 10.5 Å². The standard InChI is InChI=1S/C12H23N3O3/c1-12(2,3)9(13)11(17)15-5-6-18-7-8(15)10(16)14-4/h8-9H,5-7,13H2,1-4H3,(H,14,16)/t8?,9-/m1/s1. The fraction of sp³-hybridized carbons (Fsp3) is 0.833. The lowest BCUT2D eigenvalue weighted by atomic mass is 9.86. The molecule has 0 aromatic carbocycles. The number of morpholine rings is 1. The van der Waals surface area contributed by atoms with Gasteiger partial charge in [0.05, 0.1) is 19.3 Å². The summed E-state index contributed by atoms with van der Waals surface area (Å²) in [6.07, 6.45) is 0. The summed E-state index contributed by atoms with van der Waals surface area (Å²) in [5.41, 5.74) is 5.63. The fourth-order valence-corrected chi connectivity index (χ4v) is 1.80. The highest BCUT2D eigenvalue weighted by atomic mass is 16.5. The first-order valence-electron chi connectivity index (χ1n) is 6.14. The summed E-state index contributed by atoms with van der Waals surface area (Å²) in [5.74, 6) is -0.413. The predicted molar refractivity (Wildman–Crippen MR) is 67.8 cm³/mol. The maximum absolute atomic E-state index is 12.3. The number of nitrogens with zero attached hydrogens (tertiary/aromatic N) is 1. The van der Waals surface area contributed by atoms with Gasteiger partial charge < -0.3 is 20.7 Å². The third-order valence-corrected chi connectivity index (χ3v) is 3.16. The van der Waals surface area contributed by atoms with Crippen LogP contribution in [0.15, 0.2) is 0 Å². The molecule has 1 saturated heterocycles. The van der Waals surface area contributed by atoms with Gasteiger partial charge in [0.2, 0.25) is 11.8 Å². The molecular formula is C12H23N3O3. The molecule has 1 fully saturated rings. The molecule has 0 saturated carbocycles. The van der Waals surface area contributed by atoms with E-state index in [-0.39, 0.29) is 23.8 Å². The summed E-state index contributed by atoms with van der Waals surface area (Å²) in [7, 11) is 1.54. The van der Waals surface area contributed by atoms with Crippen LogP contribution in [0, 0.1) is 5.41 Å². The minimum Gasteiger partial charge on any atom is -0.377 e. The SMILES string of the molecule is CNC(=O)C1COCCN1C(=O)[C@@H](N)C(C)(C)C. The van der Waals surface area contributed by atoms with Crippen LogP contribution in [0.3, 0.4) is 0 Å². The zero-order valence-electron chi connectivity index (χ0n) is 11.5. The van der Waals surface area contributed by atoms with Crippen molar-refractivity contribution in [3.05, 3.63) is 0 Å². The van der Waals surface area contributed by atoms with Crippen LogP contribution in [0.5, 0.6) is 0 Å². The highest BCUT2D eigenvalue weighted by Gasteiger charge is 2.38. The third-order valence-electron chi connectivity index (χ3n) is 3.16. The van der Waals surface area contributed by atoms with Crippen LogP contribution in [0.1, 0.15) is 20.8 Å². The average molecular weight is 257 g/mol. The van der Waals surface area contributed by atoms with Crippen LogP contribution in [-0.4, -0.2) is 55.6 Å². The van der Waals surface area contributed by atoms with Gasteiger partial charge in [-0.05, 0) is 5.41 Å². The predicted octanol–water partition coefficient (Wildman–Crippen LogP) is -0.667. The Hall–Kier alpha value is -1.14. The molecule has 0 spiro atoms. The molecule has 6 nitrogen and oxygen atoms in total. The van der Waals surface area contributed by atoms with Crippen molar-refractivity contribution in [2.75, 3.05) is 26.8 Å². The third kappa shape index (κ3) is 3.20.